The first-order chi connectivity index (χ1) is 11.6. The minimum Gasteiger partial charge on any atom is -0.444 e. The largest absolute Gasteiger partial charge is 0.444 e. The number of amides is 1. The van der Waals surface area contributed by atoms with E-state index in [0.717, 1.165) is 32.2 Å². The highest BCUT2D eigenvalue weighted by molar-refractivity contribution is 5.68. The third-order valence-corrected chi connectivity index (χ3v) is 4.98. The van der Waals surface area contributed by atoms with Crippen LogP contribution in [-0.2, 0) is 11.3 Å². The second-order valence-electron chi connectivity index (χ2n) is 8.44. The van der Waals surface area contributed by atoms with Crippen LogP contribution in [0, 0.1) is 20.8 Å². The second kappa shape index (κ2) is 8.22. The average Bonchev–Trinajstić information content (AvgIpc) is 2.49. The van der Waals surface area contributed by atoms with Crippen LogP contribution in [0.2, 0.25) is 0 Å². The van der Waals surface area contributed by atoms with E-state index in [-0.39, 0.29) is 12.1 Å². The third kappa shape index (κ3) is 6.35. The molecule has 1 aromatic carbocycles. The third-order valence-electron chi connectivity index (χ3n) is 4.98. The Hall–Kier alpha value is -1.55. The maximum Gasteiger partial charge on any atom is 0.407 e. The Bertz CT molecular complexity index is 597. The summed E-state index contributed by atoms with van der Waals surface area (Å²) in [6.45, 7) is 13.1. The van der Waals surface area contributed by atoms with E-state index in [1.54, 1.807) is 0 Å². The first-order valence-corrected chi connectivity index (χ1v) is 9.43. The molecule has 1 amide bonds. The molecular weight excluding hydrogens is 312 g/mol. The van der Waals surface area contributed by atoms with Gasteiger partial charge in [0.1, 0.15) is 5.60 Å². The lowest BCUT2D eigenvalue weighted by atomic mass is 9.91. The molecule has 0 heterocycles. The van der Waals surface area contributed by atoms with Crippen molar-refractivity contribution in [1.29, 1.82) is 0 Å². The molecule has 4 heteroatoms. The Morgan fingerprint density at radius 2 is 1.56 bits per heavy atom. The van der Waals surface area contributed by atoms with Crippen LogP contribution in [0.5, 0.6) is 0 Å². The number of hydrogen-bond donors (Lipinski definition) is 2. The number of hydrogen-bond acceptors (Lipinski definition) is 3. The number of carbonyl (C=O) groups is 1. The number of carbonyl (C=O) groups excluding carboxylic acids is 1. The molecule has 0 atom stereocenters. The lowest BCUT2D eigenvalue weighted by molar-refractivity contribution is 0.0489. The smallest absolute Gasteiger partial charge is 0.407 e. The SMILES string of the molecule is Cc1cc(C)c(CNC2CCC(NC(=O)OC(C)(C)C)CC2)cc1C. The summed E-state index contributed by atoms with van der Waals surface area (Å²) >= 11 is 0. The molecule has 2 N–H and O–H groups in total. The molecule has 1 aliphatic rings. The average molecular weight is 347 g/mol. The highest BCUT2D eigenvalue weighted by Gasteiger charge is 2.24. The Morgan fingerprint density at radius 3 is 2.16 bits per heavy atom. The van der Waals surface area contributed by atoms with Crippen LogP contribution in [0.3, 0.4) is 0 Å². The number of ether oxygens (including phenoxy) is 1. The van der Waals surface area contributed by atoms with Gasteiger partial charge in [0, 0.05) is 18.6 Å². The quantitative estimate of drug-likeness (QED) is 0.841. The first kappa shape index (κ1) is 19.8. The van der Waals surface area contributed by atoms with Crippen LogP contribution in [0.4, 0.5) is 4.79 Å². The zero-order valence-electron chi connectivity index (χ0n) is 16.7. The maximum absolute atomic E-state index is 11.9. The highest BCUT2D eigenvalue weighted by atomic mass is 16.6. The van der Waals surface area contributed by atoms with Gasteiger partial charge in [-0.05, 0) is 89.5 Å². The molecule has 1 fully saturated rings. The molecule has 0 aliphatic heterocycles. The monoisotopic (exact) mass is 346 g/mol. The molecule has 0 bridgehead atoms. The molecule has 1 saturated carbocycles. The van der Waals surface area contributed by atoms with E-state index >= 15 is 0 Å². The van der Waals surface area contributed by atoms with E-state index in [0.29, 0.717) is 6.04 Å². The number of rotatable bonds is 4. The van der Waals surface area contributed by atoms with E-state index in [1.165, 1.54) is 22.3 Å². The molecule has 4 nitrogen and oxygen atoms in total. The number of nitrogens with one attached hydrogen (secondary N) is 2. The Kier molecular flexibility index (Phi) is 6.50. The van der Waals surface area contributed by atoms with E-state index in [4.69, 9.17) is 4.74 Å². The van der Waals surface area contributed by atoms with Crippen molar-refractivity contribution in [3.63, 3.8) is 0 Å². The minimum absolute atomic E-state index is 0.233. The summed E-state index contributed by atoms with van der Waals surface area (Å²) in [6, 6.07) is 5.33. The van der Waals surface area contributed by atoms with Crippen LogP contribution in [0.1, 0.15) is 68.7 Å². The van der Waals surface area contributed by atoms with Crippen LogP contribution < -0.4 is 10.6 Å². The molecule has 25 heavy (non-hydrogen) atoms. The molecular formula is C21H34N2O2. The fourth-order valence-electron chi connectivity index (χ4n) is 3.38. The molecule has 0 unspecified atom stereocenters. The predicted octanol–water partition coefficient (Wildman–Crippen LogP) is 4.54. The van der Waals surface area contributed by atoms with Gasteiger partial charge in [0.2, 0.25) is 0 Å². The minimum atomic E-state index is -0.438. The lowest BCUT2D eigenvalue weighted by Gasteiger charge is -2.30. The molecule has 1 aliphatic carbocycles. The van der Waals surface area contributed by atoms with Crippen molar-refractivity contribution in [2.24, 2.45) is 0 Å². The number of benzene rings is 1. The van der Waals surface area contributed by atoms with Crippen LogP contribution in [0.15, 0.2) is 12.1 Å². The first-order valence-electron chi connectivity index (χ1n) is 9.43. The zero-order valence-corrected chi connectivity index (χ0v) is 16.7. The molecule has 0 saturated heterocycles. The van der Waals surface area contributed by atoms with Crippen molar-refractivity contribution >= 4 is 6.09 Å². The van der Waals surface area contributed by atoms with Crippen LogP contribution >= 0.6 is 0 Å². The predicted molar refractivity (Wildman–Crippen MR) is 103 cm³/mol. The summed E-state index contributed by atoms with van der Waals surface area (Å²) in [7, 11) is 0. The molecule has 1 aromatic rings. The Balaban J connectivity index is 1.76. The van der Waals surface area contributed by atoms with Crippen LogP contribution in [0.25, 0.3) is 0 Å². The molecule has 0 aromatic heterocycles. The van der Waals surface area contributed by atoms with E-state index in [9.17, 15) is 4.79 Å². The van der Waals surface area contributed by atoms with Gasteiger partial charge in [0.05, 0.1) is 0 Å². The van der Waals surface area contributed by atoms with Gasteiger partial charge in [0.25, 0.3) is 0 Å². The van der Waals surface area contributed by atoms with Gasteiger partial charge < -0.3 is 15.4 Å². The topological polar surface area (TPSA) is 50.4 Å². The normalized spacial score (nSPS) is 21.0. The molecule has 140 valence electrons. The van der Waals surface area contributed by atoms with Gasteiger partial charge >= 0.3 is 6.09 Å². The van der Waals surface area contributed by atoms with Gasteiger partial charge in [-0.1, -0.05) is 12.1 Å². The van der Waals surface area contributed by atoms with Crippen molar-refractivity contribution in [2.45, 2.75) is 91.5 Å². The summed E-state index contributed by atoms with van der Waals surface area (Å²) in [4.78, 5) is 11.9. The summed E-state index contributed by atoms with van der Waals surface area (Å²) in [5, 5.41) is 6.70. The Morgan fingerprint density at radius 1 is 1.00 bits per heavy atom. The maximum atomic E-state index is 11.9. The zero-order chi connectivity index (χ0) is 18.6. The highest BCUT2D eigenvalue weighted by Crippen LogP contribution is 2.21. The van der Waals surface area contributed by atoms with E-state index in [1.807, 2.05) is 20.8 Å². The summed E-state index contributed by atoms with van der Waals surface area (Å²) < 4.78 is 5.34. The van der Waals surface area contributed by atoms with E-state index < -0.39 is 5.60 Å². The van der Waals surface area contributed by atoms with Gasteiger partial charge in [-0.2, -0.15) is 0 Å². The standard InChI is InChI=1S/C21H34N2O2/c1-14-11-16(3)17(12-15(14)2)13-22-18-7-9-19(10-8-18)23-20(24)25-21(4,5)6/h11-12,18-19,22H,7-10,13H2,1-6H3,(H,23,24). The van der Waals surface area contributed by atoms with Gasteiger partial charge in [-0.15, -0.1) is 0 Å². The van der Waals surface area contributed by atoms with Crippen molar-refractivity contribution in [3.05, 3.63) is 34.4 Å². The number of alkyl carbamates (subject to hydrolysis) is 1. The van der Waals surface area contributed by atoms with Crippen molar-refractivity contribution in [1.82, 2.24) is 10.6 Å². The van der Waals surface area contributed by atoms with Crippen molar-refractivity contribution in [2.75, 3.05) is 0 Å². The lowest BCUT2D eigenvalue weighted by Crippen LogP contribution is -2.43. The fraction of sp³-hybridized carbons (Fsp3) is 0.667. The summed E-state index contributed by atoms with van der Waals surface area (Å²) in [5.74, 6) is 0. The molecule has 0 spiro atoms. The van der Waals surface area contributed by atoms with E-state index in [2.05, 4.69) is 43.5 Å². The van der Waals surface area contributed by atoms with Gasteiger partial charge in [0.15, 0.2) is 0 Å². The number of aryl methyl sites for hydroxylation is 3. The summed E-state index contributed by atoms with van der Waals surface area (Å²) in [6.07, 6.45) is 3.88. The second-order valence-corrected chi connectivity index (χ2v) is 8.44. The molecule has 0 radical (unpaired) electrons. The van der Waals surface area contributed by atoms with Crippen molar-refractivity contribution < 1.29 is 9.53 Å². The fourth-order valence-corrected chi connectivity index (χ4v) is 3.38. The summed E-state index contributed by atoms with van der Waals surface area (Å²) in [5.41, 5.74) is 5.02. The van der Waals surface area contributed by atoms with Gasteiger partial charge in [-0.25, -0.2) is 4.79 Å². The van der Waals surface area contributed by atoms with Crippen molar-refractivity contribution in [3.8, 4) is 0 Å². The Labute approximate surface area is 152 Å². The van der Waals surface area contributed by atoms with Gasteiger partial charge in [-0.3, -0.25) is 0 Å². The molecule has 2 rings (SSSR count). The van der Waals surface area contributed by atoms with Crippen LogP contribution in [-0.4, -0.2) is 23.8 Å².